The maximum Gasteiger partial charge on any atom is 0.00829 e. The first-order valence-corrected chi connectivity index (χ1v) is 5.98. The number of aryl methyl sites for hydroxylation is 1. The van der Waals surface area contributed by atoms with Gasteiger partial charge < -0.3 is 0 Å². The van der Waals surface area contributed by atoms with Crippen LogP contribution in [0.5, 0.6) is 0 Å². The first kappa shape index (κ1) is 10.2. The number of allylic oxidation sites excluding steroid dienone is 1. The molecule has 76 valence electrons. The van der Waals surface area contributed by atoms with Gasteiger partial charge >= 0.3 is 0 Å². The molecule has 1 aromatic carbocycles. The summed E-state index contributed by atoms with van der Waals surface area (Å²) in [5, 5.41) is 2.12. The van der Waals surface area contributed by atoms with Crippen LogP contribution in [0.25, 0.3) is 6.08 Å². The predicted octanol–water partition coefficient (Wildman–Crippen LogP) is 4.31. The van der Waals surface area contributed by atoms with E-state index in [2.05, 4.69) is 60.9 Å². The highest BCUT2D eigenvalue weighted by Gasteiger charge is 1.89. The fourth-order valence-electron chi connectivity index (χ4n) is 1.42. The van der Waals surface area contributed by atoms with Gasteiger partial charge in [-0.05, 0) is 23.9 Å². The van der Waals surface area contributed by atoms with Gasteiger partial charge in [-0.1, -0.05) is 48.0 Å². The fraction of sp³-hybridized carbons (Fsp3) is 0.143. The Bertz CT molecular complexity index is 421. The third-order valence-corrected chi connectivity index (χ3v) is 3.19. The van der Waals surface area contributed by atoms with Crippen molar-refractivity contribution in [1.82, 2.24) is 0 Å². The van der Waals surface area contributed by atoms with Gasteiger partial charge in [0.25, 0.3) is 0 Å². The van der Waals surface area contributed by atoms with Crippen LogP contribution in [0, 0.1) is 6.92 Å². The smallest absolute Gasteiger partial charge is 0.00829 e. The molecule has 15 heavy (non-hydrogen) atoms. The molecule has 0 radical (unpaired) electrons. The van der Waals surface area contributed by atoms with Gasteiger partial charge in [-0.25, -0.2) is 0 Å². The summed E-state index contributed by atoms with van der Waals surface area (Å²) < 4.78 is 0. The molecule has 0 unspecified atom stereocenters. The van der Waals surface area contributed by atoms with E-state index in [4.69, 9.17) is 0 Å². The van der Waals surface area contributed by atoms with Crippen molar-refractivity contribution in [2.24, 2.45) is 0 Å². The van der Waals surface area contributed by atoms with Gasteiger partial charge in [0.1, 0.15) is 0 Å². The standard InChI is InChI=1S/C14H14S/c1-12-7-9-13(10-8-12)4-2-5-14-6-3-11-15-14/h2-4,6-11H,5H2,1H3/b4-2+. The summed E-state index contributed by atoms with van der Waals surface area (Å²) in [6.07, 6.45) is 5.43. The highest BCUT2D eigenvalue weighted by atomic mass is 32.1. The number of hydrogen-bond acceptors (Lipinski definition) is 1. The molecule has 0 N–H and O–H groups in total. The van der Waals surface area contributed by atoms with Crippen LogP contribution in [-0.4, -0.2) is 0 Å². The van der Waals surface area contributed by atoms with E-state index >= 15 is 0 Å². The summed E-state index contributed by atoms with van der Waals surface area (Å²) in [5.74, 6) is 0. The van der Waals surface area contributed by atoms with Crippen LogP contribution >= 0.6 is 11.3 Å². The van der Waals surface area contributed by atoms with Gasteiger partial charge in [0.05, 0.1) is 0 Å². The highest BCUT2D eigenvalue weighted by Crippen LogP contribution is 2.11. The molecule has 0 aliphatic heterocycles. The fourth-order valence-corrected chi connectivity index (χ4v) is 2.10. The van der Waals surface area contributed by atoms with Crippen molar-refractivity contribution < 1.29 is 0 Å². The molecule has 0 fully saturated rings. The zero-order valence-corrected chi connectivity index (χ0v) is 9.63. The average Bonchev–Trinajstić information content (AvgIpc) is 2.74. The minimum Gasteiger partial charge on any atom is -0.149 e. The Labute approximate surface area is 94.9 Å². The molecule has 0 saturated heterocycles. The second-order valence-electron chi connectivity index (χ2n) is 3.60. The topological polar surface area (TPSA) is 0 Å². The number of hydrogen-bond donors (Lipinski definition) is 0. The Kier molecular flexibility index (Phi) is 3.36. The minimum absolute atomic E-state index is 1.03. The molecule has 0 amide bonds. The Morgan fingerprint density at radius 2 is 1.93 bits per heavy atom. The highest BCUT2D eigenvalue weighted by molar-refractivity contribution is 7.09. The lowest BCUT2D eigenvalue weighted by molar-refractivity contribution is 1.35. The lowest BCUT2D eigenvalue weighted by Crippen LogP contribution is -1.75. The van der Waals surface area contributed by atoms with Gasteiger partial charge in [0, 0.05) is 11.3 Å². The van der Waals surface area contributed by atoms with Gasteiger partial charge in [0.15, 0.2) is 0 Å². The van der Waals surface area contributed by atoms with E-state index in [1.807, 2.05) is 11.3 Å². The van der Waals surface area contributed by atoms with Crippen molar-refractivity contribution >= 4 is 17.4 Å². The molecule has 0 aliphatic carbocycles. The summed E-state index contributed by atoms with van der Waals surface area (Å²) in [5.41, 5.74) is 2.59. The molecule has 0 nitrogen and oxygen atoms in total. The van der Waals surface area contributed by atoms with Crippen LogP contribution < -0.4 is 0 Å². The van der Waals surface area contributed by atoms with Crippen molar-refractivity contribution in [3.8, 4) is 0 Å². The first-order valence-electron chi connectivity index (χ1n) is 5.10. The van der Waals surface area contributed by atoms with Gasteiger partial charge in [0.2, 0.25) is 0 Å². The van der Waals surface area contributed by atoms with Crippen LogP contribution in [0.2, 0.25) is 0 Å². The van der Waals surface area contributed by atoms with Crippen molar-refractivity contribution in [3.05, 3.63) is 63.9 Å². The van der Waals surface area contributed by atoms with E-state index in [1.165, 1.54) is 16.0 Å². The molecule has 2 rings (SSSR count). The zero-order chi connectivity index (χ0) is 10.5. The van der Waals surface area contributed by atoms with Gasteiger partial charge in [-0.2, -0.15) is 0 Å². The lowest BCUT2D eigenvalue weighted by Gasteiger charge is -1.94. The largest absolute Gasteiger partial charge is 0.149 e. The quantitative estimate of drug-likeness (QED) is 0.714. The Balaban J connectivity index is 1.97. The molecule has 1 heterocycles. The van der Waals surface area contributed by atoms with Crippen LogP contribution in [0.1, 0.15) is 16.0 Å². The summed E-state index contributed by atoms with van der Waals surface area (Å²) in [6.45, 7) is 2.11. The number of rotatable bonds is 3. The maximum absolute atomic E-state index is 2.22. The van der Waals surface area contributed by atoms with Gasteiger partial charge in [-0.15, -0.1) is 11.3 Å². The number of benzene rings is 1. The normalized spacial score (nSPS) is 11.0. The van der Waals surface area contributed by atoms with Crippen LogP contribution in [-0.2, 0) is 6.42 Å². The summed E-state index contributed by atoms with van der Waals surface area (Å²) >= 11 is 1.81. The molecule has 0 bridgehead atoms. The molecule has 1 aromatic heterocycles. The molecule has 2 aromatic rings. The number of thiophene rings is 1. The summed E-state index contributed by atoms with van der Waals surface area (Å²) in [7, 11) is 0. The zero-order valence-electron chi connectivity index (χ0n) is 8.81. The third kappa shape index (κ3) is 3.07. The third-order valence-electron chi connectivity index (χ3n) is 2.29. The monoisotopic (exact) mass is 214 g/mol. The Hall–Kier alpha value is -1.34. The van der Waals surface area contributed by atoms with Crippen molar-refractivity contribution in [1.29, 1.82) is 0 Å². The molecule has 0 saturated carbocycles. The van der Waals surface area contributed by atoms with Gasteiger partial charge in [-0.3, -0.25) is 0 Å². The van der Waals surface area contributed by atoms with Crippen molar-refractivity contribution in [2.75, 3.05) is 0 Å². The summed E-state index contributed by atoms with van der Waals surface area (Å²) in [4.78, 5) is 1.42. The second kappa shape index (κ2) is 4.94. The van der Waals surface area contributed by atoms with Crippen molar-refractivity contribution in [3.63, 3.8) is 0 Å². The van der Waals surface area contributed by atoms with E-state index < -0.39 is 0 Å². The molecule has 0 spiro atoms. The first-order chi connectivity index (χ1) is 7.34. The SMILES string of the molecule is Cc1ccc(/C=C/Cc2cccs2)cc1. The van der Waals surface area contributed by atoms with E-state index in [0.717, 1.165) is 6.42 Å². The van der Waals surface area contributed by atoms with Crippen LogP contribution in [0.3, 0.4) is 0 Å². The van der Waals surface area contributed by atoms with E-state index in [-0.39, 0.29) is 0 Å². The van der Waals surface area contributed by atoms with Crippen LogP contribution in [0.15, 0.2) is 47.9 Å². The van der Waals surface area contributed by atoms with E-state index in [0.29, 0.717) is 0 Å². The summed E-state index contributed by atoms with van der Waals surface area (Å²) in [6, 6.07) is 12.9. The van der Waals surface area contributed by atoms with E-state index in [1.54, 1.807) is 0 Å². The molecule has 1 heteroatoms. The lowest BCUT2D eigenvalue weighted by atomic mass is 10.1. The Morgan fingerprint density at radius 1 is 1.13 bits per heavy atom. The second-order valence-corrected chi connectivity index (χ2v) is 4.63. The predicted molar refractivity (Wildman–Crippen MR) is 68.2 cm³/mol. The maximum atomic E-state index is 2.22. The molecule has 0 atom stereocenters. The van der Waals surface area contributed by atoms with Crippen LogP contribution in [0.4, 0.5) is 0 Å². The molecular weight excluding hydrogens is 200 g/mol. The molecular formula is C14H14S. The average molecular weight is 214 g/mol. The minimum atomic E-state index is 1.03. The van der Waals surface area contributed by atoms with Crippen molar-refractivity contribution in [2.45, 2.75) is 13.3 Å². The van der Waals surface area contributed by atoms with E-state index in [9.17, 15) is 0 Å². The Morgan fingerprint density at radius 3 is 2.60 bits per heavy atom. The molecule has 0 aliphatic rings.